The van der Waals surface area contributed by atoms with Crippen LogP contribution in [-0.4, -0.2) is 44.6 Å². The maximum atomic E-state index is 12.5. The van der Waals surface area contributed by atoms with Gasteiger partial charge in [-0.25, -0.2) is 9.97 Å². The molecule has 0 bridgehead atoms. The van der Waals surface area contributed by atoms with Crippen LogP contribution in [-0.2, 0) is 11.2 Å². The first kappa shape index (κ1) is 17.7. The molecule has 1 aliphatic rings. The van der Waals surface area contributed by atoms with Gasteiger partial charge in [-0.1, -0.05) is 30.3 Å². The van der Waals surface area contributed by atoms with E-state index in [0.29, 0.717) is 23.6 Å². The number of benzene rings is 1. The maximum Gasteiger partial charge on any atom is 0.272 e. The van der Waals surface area contributed by atoms with Gasteiger partial charge in [0.1, 0.15) is 23.8 Å². The molecule has 3 heterocycles. The topological polar surface area (TPSA) is 125 Å². The Balaban J connectivity index is 1.43. The summed E-state index contributed by atoms with van der Waals surface area (Å²) < 4.78 is 0. The number of nitrogens with one attached hydrogen (secondary N) is 4. The van der Waals surface area contributed by atoms with E-state index in [1.807, 2.05) is 30.3 Å². The van der Waals surface area contributed by atoms with Gasteiger partial charge >= 0.3 is 0 Å². The first-order chi connectivity index (χ1) is 13.6. The minimum Gasteiger partial charge on any atom is -0.366 e. The molecule has 2 amide bonds. The molecule has 9 heteroatoms. The molecule has 0 unspecified atom stereocenters. The molecule has 3 aromatic rings. The summed E-state index contributed by atoms with van der Waals surface area (Å²) >= 11 is 0. The molecule has 0 spiro atoms. The summed E-state index contributed by atoms with van der Waals surface area (Å²) in [4.78, 5) is 33.2. The second kappa shape index (κ2) is 7.47. The van der Waals surface area contributed by atoms with Crippen LogP contribution >= 0.6 is 0 Å². The van der Waals surface area contributed by atoms with Crippen molar-refractivity contribution in [2.75, 3.05) is 17.2 Å². The van der Waals surface area contributed by atoms with Crippen molar-refractivity contribution < 1.29 is 9.59 Å². The second-order valence-electron chi connectivity index (χ2n) is 6.52. The molecule has 142 valence electrons. The van der Waals surface area contributed by atoms with Gasteiger partial charge in [-0.05, 0) is 18.6 Å². The van der Waals surface area contributed by atoms with Gasteiger partial charge in [0, 0.05) is 18.7 Å². The predicted molar refractivity (Wildman–Crippen MR) is 103 cm³/mol. The number of hydrogen-bond acceptors (Lipinski definition) is 6. The normalized spacial score (nSPS) is 15.8. The number of hydrogen-bond donors (Lipinski definition) is 4. The van der Waals surface area contributed by atoms with Gasteiger partial charge in [0.15, 0.2) is 5.82 Å². The Labute approximate surface area is 161 Å². The highest BCUT2D eigenvalue weighted by atomic mass is 16.2. The van der Waals surface area contributed by atoms with Crippen LogP contribution in [0.25, 0.3) is 0 Å². The third kappa shape index (κ3) is 3.68. The summed E-state index contributed by atoms with van der Waals surface area (Å²) in [7, 11) is 0. The molecule has 0 saturated heterocycles. The average molecular weight is 377 g/mol. The molecule has 28 heavy (non-hydrogen) atoms. The number of fused-ring (bicyclic) bond motifs is 1. The highest BCUT2D eigenvalue weighted by molar-refractivity contribution is 6.03. The van der Waals surface area contributed by atoms with Crippen LogP contribution < -0.4 is 16.0 Å². The summed E-state index contributed by atoms with van der Waals surface area (Å²) in [6.07, 6.45) is 2.06. The van der Waals surface area contributed by atoms with Crippen LogP contribution in [0.4, 0.5) is 11.5 Å². The van der Waals surface area contributed by atoms with E-state index >= 15 is 0 Å². The van der Waals surface area contributed by atoms with Crippen molar-refractivity contribution in [2.45, 2.75) is 19.4 Å². The number of aryl methyl sites for hydroxylation is 1. The molecule has 0 aliphatic carbocycles. The second-order valence-corrected chi connectivity index (χ2v) is 6.52. The smallest absolute Gasteiger partial charge is 0.272 e. The molecule has 0 fully saturated rings. The summed E-state index contributed by atoms with van der Waals surface area (Å²) in [5.74, 6) is -0.230. The molecular formula is C19H19N7O2. The number of aromatic nitrogens is 4. The van der Waals surface area contributed by atoms with Crippen molar-refractivity contribution in [1.29, 1.82) is 0 Å². The van der Waals surface area contributed by atoms with E-state index in [1.54, 1.807) is 13.0 Å². The lowest BCUT2D eigenvalue weighted by Crippen LogP contribution is -2.46. The van der Waals surface area contributed by atoms with E-state index < -0.39 is 11.9 Å². The van der Waals surface area contributed by atoms with Crippen molar-refractivity contribution in [3.8, 4) is 0 Å². The zero-order valence-electron chi connectivity index (χ0n) is 15.2. The monoisotopic (exact) mass is 377 g/mol. The summed E-state index contributed by atoms with van der Waals surface area (Å²) in [5.41, 5.74) is 3.33. The molecular weight excluding hydrogens is 358 g/mol. The molecule has 1 atom stereocenters. The molecule has 4 rings (SSSR count). The van der Waals surface area contributed by atoms with Gasteiger partial charge in [-0.15, -0.1) is 0 Å². The van der Waals surface area contributed by atoms with Crippen LogP contribution in [0.2, 0.25) is 0 Å². The first-order valence-corrected chi connectivity index (χ1v) is 8.85. The average Bonchev–Trinajstić information content (AvgIpc) is 3.10. The Morgan fingerprint density at radius 1 is 1.25 bits per heavy atom. The zero-order chi connectivity index (χ0) is 19.5. The van der Waals surface area contributed by atoms with Crippen LogP contribution in [0.5, 0.6) is 0 Å². The number of anilines is 2. The van der Waals surface area contributed by atoms with E-state index in [1.165, 1.54) is 6.33 Å². The van der Waals surface area contributed by atoms with E-state index in [0.717, 1.165) is 11.3 Å². The minimum atomic E-state index is -0.768. The van der Waals surface area contributed by atoms with Crippen LogP contribution in [0.3, 0.4) is 0 Å². The molecule has 4 N–H and O–H groups in total. The highest BCUT2D eigenvalue weighted by Gasteiger charge is 2.27. The zero-order valence-corrected chi connectivity index (χ0v) is 15.2. The Kier molecular flexibility index (Phi) is 4.71. The number of carbonyl (C=O) groups excluding carboxylic acids is 2. The van der Waals surface area contributed by atoms with Crippen LogP contribution in [0, 0.1) is 6.92 Å². The van der Waals surface area contributed by atoms with E-state index in [4.69, 9.17) is 0 Å². The van der Waals surface area contributed by atoms with Gasteiger partial charge in [0.05, 0.1) is 5.69 Å². The van der Waals surface area contributed by atoms with Gasteiger partial charge in [0.2, 0.25) is 5.91 Å². The lowest BCUT2D eigenvalue weighted by molar-refractivity contribution is -0.117. The largest absolute Gasteiger partial charge is 0.366 e. The number of H-pyrrole nitrogens is 1. The molecule has 9 nitrogen and oxygen atoms in total. The number of rotatable bonds is 4. The summed E-state index contributed by atoms with van der Waals surface area (Å²) in [6, 6.07) is 10.8. The lowest BCUT2D eigenvalue weighted by Gasteiger charge is -2.14. The fourth-order valence-electron chi connectivity index (χ4n) is 2.99. The van der Waals surface area contributed by atoms with Crippen LogP contribution in [0.15, 0.2) is 42.7 Å². The van der Waals surface area contributed by atoms with Crippen molar-refractivity contribution >= 4 is 23.3 Å². The third-order valence-corrected chi connectivity index (χ3v) is 4.48. The van der Waals surface area contributed by atoms with Crippen molar-refractivity contribution in [3.05, 3.63) is 65.4 Å². The predicted octanol–water partition coefficient (Wildman–Crippen LogP) is 1.26. The fraction of sp³-hybridized carbons (Fsp3) is 0.211. The molecule has 2 aromatic heterocycles. The summed E-state index contributed by atoms with van der Waals surface area (Å²) in [6.45, 7) is 1.99. The lowest BCUT2D eigenvalue weighted by atomic mass is 10.1. The van der Waals surface area contributed by atoms with Gasteiger partial charge in [-0.3, -0.25) is 14.7 Å². The Hall–Kier alpha value is -3.75. The number of carbonyl (C=O) groups is 2. The van der Waals surface area contributed by atoms with Crippen molar-refractivity contribution in [2.24, 2.45) is 0 Å². The molecule has 1 aromatic carbocycles. The van der Waals surface area contributed by atoms with Crippen molar-refractivity contribution in [1.82, 2.24) is 25.5 Å². The quantitative estimate of drug-likeness (QED) is 0.543. The van der Waals surface area contributed by atoms with E-state index in [-0.39, 0.29) is 18.1 Å². The van der Waals surface area contributed by atoms with Gasteiger partial charge in [-0.2, -0.15) is 5.10 Å². The third-order valence-electron chi connectivity index (χ3n) is 4.48. The standard InChI is InChI=1S/C19H19N7O2/c1-11-16-17(22-10-21-11)20-9-15(19(28)24-16)23-18(27)14-8-13(25-26-14)7-12-5-3-2-4-6-12/h2-6,8,10,15H,7,9H2,1H3,(H,23,27)(H,24,28)(H,25,26)(H,20,21,22)/t15-/m0/s1. The summed E-state index contributed by atoms with van der Waals surface area (Å²) in [5, 5.41) is 15.5. The number of nitrogens with zero attached hydrogens (tertiary/aromatic N) is 3. The molecule has 0 radical (unpaired) electrons. The maximum absolute atomic E-state index is 12.5. The van der Waals surface area contributed by atoms with Crippen LogP contribution in [0.1, 0.15) is 27.4 Å². The molecule has 0 saturated carbocycles. The Morgan fingerprint density at radius 3 is 2.89 bits per heavy atom. The van der Waals surface area contributed by atoms with E-state index in [2.05, 4.69) is 36.1 Å². The number of aromatic amines is 1. The van der Waals surface area contributed by atoms with Gasteiger partial charge < -0.3 is 16.0 Å². The highest BCUT2D eigenvalue weighted by Crippen LogP contribution is 2.23. The van der Waals surface area contributed by atoms with Crippen molar-refractivity contribution in [3.63, 3.8) is 0 Å². The fourth-order valence-corrected chi connectivity index (χ4v) is 2.99. The number of amides is 2. The Bertz CT molecular complexity index is 1020. The first-order valence-electron chi connectivity index (χ1n) is 8.85. The molecule has 1 aliphatic heterocycles. The SMILES string of the molecule is Cc1ncnc2c1NC(=O)[C@@H](NC(=O)c1cc(Cc3ccccc3)[nH]n1)CN2. The van der Waals surface area contributed by atoms with E-state index in [9.17, 15) is 9.59 Å². The van der Waals surface area contributed by atoms with Gasteiger partial charge in [0.25, 0.3) is 5.91 Å². The minimum absolute atomic E-state index is 0.211. The Morgan fingerprint density at radius 2 is 2.07 bits per heavy atom.